The van der Waals surface area contributed by atoms with Crippen LogP contribution in [0.1, 0.15) is 31.7 Å². The number of anilines is 1. The van der Waals surface area contributed by atoms with Crippen LogP contribution < -0.4 is 5.32 Å². The van der Waals surface area contributed by atoms with Gasteiger partial charge in [-0.15, -0.1) is 0 Å². The molecule has 1 atom stereocenters. The number of nitrogens with zero attached hydrogens (tertiary/aromatic N) is 2. The van der Waals surface area contributed by atoms with Gasteiger partial charge in [0.15, 0.2) is 5.13 Å². The lowest BCUT2D eigenvalue weighted by atomic mass is 10.1. The van der Waals surface area contributed by atoms with E-state index < -0.39 is 0 Å². The number of carbonyl (C=O) groups is 1. The molecule has 1 fully saturated rings. The zero-order valence-corrected chi connectivity index (χ0v) is 13.4. The predicted octanol–water partition coefficient (Wildman–Crippen LogP) is 3.42. The number of benzene rings is 1. The molecule has 1 aliphatic heterocycles. The fourth-order valence-corrected chi connectivity index (χ4v) is 3.67. The first kappa shape index (κ1) is 14.3. The second kappa shape index (κ2) is 6.02. The number of carbonyl (C=O) groups excluding carboxylic acids is 1. The summed E-state index contributed by atoms with van der Waals surface area (Å²) in [7, 11) is 0. The van der Waals surface area contributed by atoms with E-state index in [1.54, 1.807) is 11.3 Å². The minimum atomic E-state index is -0.218. The normalized spacial score (nSPS) is 17.0. The number of hydrogen-bond donors (Lipinski definition) is 1. The van der Waals surface area contributed by atoms with Gasteiger partial charge in [-0.2, -0.15) is 0 Å². The first-order chi connectivity index (χ1) is 10.1. The molecule has 1 N–H and O–H groups in total. The third-order valence-corrected chi connectivity index (χ3v) is 4.89. The van der Waals surface area contributed by atoms with Crippen LogP contribution in [-0.4, -0.2) is 34.9 Å². The molecule has 0 spiro atoms. The average Bonchev–Trinajstić information content (AvgIpc) is 2.88. The van der Waals surface area contributed by atoms with Crippen molar-refractivity contribution in [1.29, 1.82) is 0 Å². The molecule has 0 bridgehead atoms. The summed E-state index contributed by atoms with van der Waals surface area (Å²) in [5.74, 6) is 0.185. The van der Waals surface area contributed by atoms with E-state index in [-0.39, 0.29) is 11.9 Å². The third-order valence-electron chi connectivity index (χ3n) is 3.92. The van der Waals surface area contributed by atoms with Crippen molar-refractivity contribution in [3.63, 3.8) is 0 Å². The van der Waals surface area contributed by atoms with Crippen LogP contribution in [0.4, 0.5) is 5.13 Å². The van der Waals surface area contributed by atoms with Gasteiger partial charge < -0.3 is 10.2 Å². The molecule has 5 heteroatoms. The number of rotatable bonds is 3. The van der Waals surface area contributed by atoms with Crippen molar-refractivity contribution in [1.82, 2.24) is 9.88 Å². The highest BCUT2D eigenvalue weighted by molar-refractivity contribution is 7.22. The van der Waals surface area contributed by atoms with Crippen LogP contribution in [-0.2, 0) is 4.79 Å². The number of aromatic nitrogens is 1. The molecule has 0 aliphatic carbocycles. The molecule has 1 aliphatic rings. The van der Waals surface area contributed by atoms with Gasteiger partial charge in [-0.3, -0.25) is 4.79 Å². The van der Waals surface area contributed by atoms with E-state index in [2.05, 4.69) is 35.4 Å². The van der Waals surface area contributed by atoms with Crippen LogP contribution in [0.5, 0.6) is 0 Å². The maximum atomic E-state index is 12.4. The molecule has 3 rings (SSSR count). The standard InChI is InChI=1S/C16H21N3OS/c1-11-6-7-14-13(10-11)18-16(21-14)17-12(2)15(20)19-8-4-3-5-9-19/h6-7,10,12H,3-5,8-9H2,1-2H3,(H,17,18). The zero-order valence-electron chi connectivity index (χ0n) is 12.6. The Hall–Kier alpha value is -1.62. The molecular formula is C16H21N3OS. The summed E-state index contributed by atoms with van der Waals surface area (Å²) >= 11 is 1.61. The fourth-order valence-electron chi connectivity index (χ4n) is 2.73. The van der Waals surface area contributed by atoms with Crippen LogP contribution in [0.3, 0.4) is 0 Å². The topological polar surface area (TPSA) is 45.2 Å². The first-order valence-corrected chi connectivity index (χ1v) is 8.37. The van der Waals surface area contributed by atoms with Gasteiger partial charge in [0, 0.05) is 13.1 Å². The number of amides is 1. The van der Waals surface area contributed by atoms with E-state index in [0.29, 0.717) is 0 Å². The Morgan fingerprint density at radius 1 is 1.33 bits per heavy atom. The minimum absolute atomic E-state index is 0.185. The molecule has 1 aromatic carbocycles. The fraction of sp³-hybridized carbons (Fsp3) is 0.500. The van der Waals surface area contributed by atoms with Crippen LogP contribution in [0.15, 0.2) is 18.2 Å². The minimum Gasteiger partial charge on any atom is -0.350 e. The van der Waals surface area contributed by atoms with Gasteiger partial charge >= 0.3 is 0 Å². The second-order valence-corrected chi connectivity index (χ2v) is 6.77. The number of fused-ring (bicyclic) bond motifs is 1. The van der Waals surface area contributed by atoms with Gasteiger partial charge in [-0.25, -0.2) is 4.98 Å². The Bertz CT molecular complexity index is 646. The highest BCUT2D eigenvalue weighted by atomic mass is 32.1. The lowest BCUT2D eigenvalue weighted by molar-refractivity contribution is -0.132. The summed E-state index contributed by atoms with van der Waals surface area (Å²) in [4.78, 5) is 19.0. The highest BCUT2D eigenvalue weighted by Crippen LogP contribution is 2.27. The highest BCUT2D eigenvalue weighted by Gasteiger charge is 2.22. The van der Waals surface area contributed by atoms with Crippen molar-refractivity contribution in [2.24, 2.45) is 0 Å². The van der Waals surface area contributed by atoms with Crippen molar-refractivity contribution in [2.45, 2.75) is 39.2 Å². The summed E-state index contributed by atoms with van der Waals surface area (Å²) in [6.45, 7) is 5.77. The molecule has 2 heterocycles. The van der Waals surface area contributed by atoms with Crippen molar-refractivity contribution in [2.75, 3.05) is 18.4 Å². The zero-order chi connectivity index (χ0) is 14.8. The SMILES string of the molecule is Cc1ccc2sc(NC(C)C(=O)N3CCCCC3)nc2c1. The average molecular weight is 303 g/mol. The summed E-state index contributed by atoms with van der Waals surface area (Å²) in [5.41, 5.74) is 2.21. The van der Waals surface area contributed by atoms with Crippen LogP contribution >= 0.6 is 11.3 Å². The summed E-state index contributed by atoms with van der Waals surface area (Å²) in [6.07, 6.45) is 3.49. The van der Waals surface area contributed by atoms with Crippen molar-refractivity contribution in [3.05, 3.63) is 23.8 Å². The molecule has 4 nitrogen and oxygen atoms in total. The van der Waals surface area contributed by atoms with E-state index in [4.69, 9.17) is 0 Å². The first-order valence-electron chi connectivity index (χ1n) is 7.56. The van der Waals surface area contributed by atoms with Crippen molar-refractivity contribution in [3.8, 4) is 0 Å². The van der Waals surface area contributed by atoms with Gasteiger partial charge in [0.2, 0.25) is 5.91 Å². The van der Waals surface area contributed by atoms with E-state index in [0.717, 1.165) is 41.3 Å². The van der Waals surface area contributed by atoms with Crippen molar-refractivity contribution < 1.29 is 4.79 Å². The third kappa shape index (κ3) is 3.18. The number of hydrogen-bond acceptors (Lipinski definition) is 4. The maximum Gasteiger partial charge on any atom is 0.244 e. The number of likely N-dealkylation sites (tertiary alicyclic amines) is 1. The quantitative estimate of drug-likeness (QED) is 0.945. The van der Waals surface area contributed by atoms with Crippen molar-refractivity contribution >= 4 is 32.6 Å². The van der Waals surface area contributed by atoms with E-state index in [9.17, 15) is 4.79 Å². The van der Waals surface area contributed by atoms with Crippen LogP contribution in [0.25, 0.3) is 10.2 Å². The Labute approximate surface area is 129 Å². The largest absolute Gasteiger partial charge is 0.350 e. The number of nitrogens with one attached hydrogen (secondary N) is 1. The summed E-state index contributed by atoms with van der Waals surface area (Å²) < 4.78 is 1.15. The van der Waals surface area contributed by atoms with Crippen LogP contribution in [0.2, 0.25) is 0 Å². The molecule has 1 unspecified atom stereocenters. The van der Waals surface area contributed by atoms with E-state index >= 15 is 0 Å². The molecule has 1 saturated heterocycles. The van der Waals surface area contributed by atoms with Gasteiger partial charge in [0.05, 0.1) is 10.2 Å². The molecule has 1 amide bonds. The van der Waals surface area contributed by atoms with E-state index in [1.165, 1.54) is 12.0 Å². The Morgan fingerprint density at radius 2 is 2.10 bits per heavy atom. The molecule has 0 radical (unpaired) electrons. The lowest BCUT2D eigenvalue weighted by Crippen LogP contribution is -2.43. The lowest BCUT2D eigenvalue weighted by Gasteiger charge is -2.29. The van der Waals surface area contributed by atoms with Gasteiger partial charge in [0.1, 0.15) is 6.04 Å². The van der Waals surface area contributed by atoms with Crippen LogP contribution in [0, 0.1) is 6.92 Å². The monoisotopic (exact) mass is 303 g/mol. The molecule has 0 saturated carbocycles. The smallest absolute Gasteiger partial charge is 0.244 e. The number of aryl methyl sites for hydroxylation is 1. The number of piperidine rings is 1. The maximum absolute atomic E-state index is 12.4. The van der Waals surface area contributed by atoms with Gasteiger partial charge in [0.25, 0.3) is 0 Å². The Kier molecular flexibility index (Phi) is 4.10. The molecule has 21 heavy (non-hydrogen) atoms. The second-order valence-electron chi connectivity index (χ2n) is 5.74. The molecular weight excluding hydrogens is 282 g/mol. The van der Waals surface area contributed by atoms with Gasteiger partial charge in [-0.1, -0.05) is 17.4 Å². The summed E-state index contributed by atoms with van der Waals surface area (Å²) in [6, 6.07) is 6.04. The Balaban J connectivity index is 1.70. The molecule has 2 aromatic rings. The van der Waals surface area contributed by atoms with E-state index in [1.807, 2.05) is 11.8 Å². The Morgan fingerprint density at radius 3 is 2.86 bits per heavy atom. The molecule has 112 valence electrons. The molecule has 1 aromatic heterocycles. The number of thiazole rings is 1. The summed E-state index contributed by atoms with van der Waals surface area (Å²) in [5, 5.41) is 4.09. The van der Waals surface area contributed by atoms with Gasteiger partial charge in [-0.05, 0) is 50.8 Å². The predicted molar refractivity (Wildman–Crippen MR) is 87.9 cm³/mol.